The highest BCUT2D eigenvalue weighted by atomic mass is 16.3. The molecule has 132 valence electrons. The molecule has 0 aliphatic carbocycles. The van der Waals surface area contributed by atoms with Crippen LogP contribution in [0.3, 0.4) is 0 Å². The number of carbonyl (C=O) groups excluding carboxylic acids is 1. The number of hydrogen-bond donors (Lipinski definition) is 2. The first-order valence-electron chi connectivity index (χ1n) is 8.74. The van der Waals surface area contributed by atoms with Crippen molar-refractivity contribution >= 4 is 5.91 Å². The highest BCUT2D eigenvalue weighted by Gasteiger charge is 2.23. The van der Waals surface area contributed by atoms with E-state index in [0.29, 0.717) is 18.8 Å². The summed E-state index contributed by atoms with van der Waals surface area (Å²) < 4.78 is 0. The van der Waals surface area contributed by atoms with E-state index in [9.17, 15) is 9.90 Å². The van der Waals surface area contributed by atoms with Crippen LogP contribution in [-0.4, -0.2) is 32.7 Å². The third-order valence-corrected chi connectivity index (χ3v) is 5.10. The lowest BCUT2D eigenvalue weighted by Crippen LogP contribution is -2.36. The van der Waals surface area contributed by atoms with Gasteiger partial charge in [0.15, 0.2) is 0 Å². The molecule has 1 aliphatic heterocycles. The number of phenolic OH excluding ortho intramolecular Hbond substituents is 1. The predicted molar refractivity (Wildman–Crippen MR) is 100 cm³/mol. The summed E-state index contributed by atoms with van der Waals surface area (Å²) in [4.78, 5) is 14.7. The van der Waals surface area contributed by atoms with Crippen LogP contribution in [-0.2, 0) is 13.0 Å². The highest BCUT2D eigenvalue weighted by molar-refractivity contribution is 5.93. The average molecular weight is 347 g/mol. The van der Waals surface area contributed by atoms with Crippen molar-refractivity contribution in [3.05, 3.63) is 70.4 Å². The maximum absolute atomic E-state index is 12.8. The molecule has 0 bridgehead atoms. The van der Waals surface area contributed by atoms with Gasteiger partial charge in [0, 0.05) is 18.7 Å². The van der Waals surface area contributed by atoms with Crippen molar-refractivity contribution in [1.29, 1.82) is 0 Å². The quantitative estimate of drug-likeness (QED) is 0.744. The van der Waals surface area contributed by atoms with Gasteiger partial charge in [-0.3, -0.25) is 9.89 Å². The fourth-order valence-corrected chi connectivity index (χ4v) is 3.36. The zero-order valence-corrected chi connectivity index (χ0v) is 14.9. The molecule has 2 heterocycles. The second-order valence-corrected chi connectivity index (χ2v) is 6.90. The molecule has 0 atom stereocenters. The Morgan fingerprint density at radius 1 is 1.08 bits per heavy atom. The zero-order chi connectivity index (χ0) is 18.3. The molecule has 26 heavy (non-hydrogen) atoms. The number of fused-ring (bicyclic) bond motifs is 1. The Hall–Kier alpha value is -3.08. The van der Waals surface area contributed by atoms with Crippen LogP contribution in [0.15, 0.2) is 42.5 Å². The van der Waals surface area contributed by atoms with Crippen molar-refractivity contribution in [2.75, 3.05) is 6.54 Å². The fraction of sp³-hybridized carbons (Fsp3) is 0.238. The number of phenols is 1. The number of rotatable bonds is 2. The number of carbonyl (C=O) groups is 1. The van der Waals surface area contributed by atoms with Crippen LogP contribution in [0.25, 0.3) is 11.3 Å². The Morgan fingerprint density at radius 2 is 1.92 bits per heavy atom. The highest BCUT2D eigenvalue weighted by Crippen LogP contribution is 2.25. The van der Waals surface area contributed by atoms with Crippen LogP contribution >= 0.6 is 0 Å². The summed E-state index contributed by atoms with van der Waals surface area (Å²) >= 11 is 0. The Labute approximate surface area is 152 Å². The summed E-state index contributed by atoms with van der Waals surface area (Å²) in [6.45, 7) is 5.33. The maximum atomic E-state index is 12.8. The van der Waals surface area contributed by atoms with Gasteiger partial charge < -0.3 is 10.0 Å². The van der Waals surface area contributed by atoms with Crippen molar-refractivity contribution in [1.82, 2.24) is 15.1 Å². The topological polar surface area (TPSA) is 69.2 Å². The number of nitrogens with one attached hydrogen (secondary N) is 1. The number of aromatic amines is 1. The Bertz CT molecular complexity index is 991. The predicted octanol–water partition coefficient (Wildman–Crippen LogP) is 3.60. The average Bonchev–Trinajstić information content (AvgIpc) is 3.13. The molecule has 1 amide bonds. The van der Waals surface area contributed by atoms with Crippen LogP contribution in [0.5, 0.6) is 5.75 Å². The molecular formula is C21H21N3O2. The summed E-state index contributed by atoms with van der Waals surface area (Å²) in [7, 11) is 0. The largest absolute Gasteiger partial charge is 0.508 e. The molecule has 0 saturated heterocycles. The first kappa shape index (κ1) is 16.4. The lowest BCUT2D eigenvalue weighted by atomic mass is 9.99. The summed E-state index contributed by atoms with van der Waals surface area (Å²) in [5.41, 5.74) is 6.90. The molecule has 0 saturated carbocycles. The molecular weight excluding hydrogens is 326 g/mol. The number of nitrogens with zero attached hydrogens (tertiary/aromatic N) is 2. The standard InChI is InChI=1S/C21H21N3O2/c1-13-3-4-16(9-14(13)2)19-11-20(23-22-19)21(26)24-8-7-15-10-18(25)6-5-17(15)12-24/h3-6,9-11,25H,7-8,12H2,1-2H3,(H,22,23). The van der Waals surface area contributed by atoms with Gasteiger partial charge in [0.1, 0.15) is 11.4 Å². The Balaban J connectivity index is 1.55. The van der Waals surface area contributed by atoms with E-state index >= 15 is 0 Å². The van der Waals surface area contributed by atoms with Crippen LogP contribution in [0, 0.1) is 13.8 Å². The van der Waals surface area contributed by atoms with Gasteiger partial charge in [0.05, 0.1) is 5.69 Å². The summed E-state index contributed by atoms with van der Waals surface area (Å²) in [6, 6.07) is 13.3. The normalized spacial score (nSPS) is 13.5. The van der Waals surface area contributed by atoms with Gasteiger partial charge in [-0.1, -0.05) is 18.2 Å². The van der Waals surface area contributed by atoms with Gasteiger partial charge >= 0.3 is 0 Å². The number of H-pyrrole nitrogens is 1. The molecule has 0 spiro atoms. The third-order valence-electron chi connectivity index (χ3n) is 5.10. The zero-order valence-electron chi connectivity index (χ0n) is 14.9. The lowest BCUT2D eigenvalue weighted by molar-refractivity contribution is 0.0728. The van der Waals surface area contributed by atoms with Crippen LogP contribution < -0.4 is 0 Å². The Morgan fingerprint density at radius 3 is 2.73 bits per heavy atom. The van der Waals surface area contributed by atoms with E-state index < -0.39 is 0 Å². The lowest BCUT2D eigenvalue weighted by Gasteiger charge is -2.28. The number of aryl methyl sites for hydroxylation is 2. The van der Waals surface area contributed by atoms with Gasteiger partial charge in [-0.25, -0.2) is 0 Å². The van der Waals surface area contributed by atoms with E-state index in [1.807, 2.05) is 23.1 Å². The van der Waals surface area contributed by atoms with E-state index in [1.54, 1.807) is 12.1 Å². The van der Waals surface area contributed by atoms with Gasteiger partial charge in [-0.15, -0.1) is 0 Å². The third kappa shape index (κ3) is 2.96. The summed E-state index contributed by atoms with van der Waals surface area (Å²) in [6.07, 6.45) is 0.744. The number of hydrogen-bond acceptors (Lipinski definition) is 3. The fourth-order valence-electron chi connectivity index (χ4n) is 3.36. The van der Waals surface area contributed by atoms with Gasteiger partial charge in [-0.05, 0) is 66.8 Å². The second kappa shape index (κ2) is 6.33. The number of aromatic hydroxyl groups is 1. The SMILES string of the molecule is Cc1ccc(-c2cc(C(=O)N3CCc4cc(O)ccc4C3)[nH]n2)cc1C. The van der Waals surface area contributed by atoms with Crippen LogP contribution in [0.4, 0.5) is 0 Å². The molecule has 2 aromatic carbocycles. The van der Waals surface area contributed by atoms with Crippen LogP contribution in [0.2, 0.25) is 0 Å². The summed E-state index contributed by atoms with van der Waals surface area (Å²) in [5, 5.41) is 16.8. The molecule has 0 fully saturated rings. The number of aromatic nitrogens is 2. The van der Waals surface area contributed by atoms with E-state index in [4.69, 9.17) is 0 Å². The second-order valence-electron chi connectivity index (χ2n) is 6.90. The molecule has 0 radical (unpaired) electrons. The van der Waals surface area contributed by atoms with E-state index in [0.717, 1.165) is 28.8 Å². The minimum atomic E-state index is -0.0497. The first-order chi connectivity index (χ1) is 12.5. The molecule has 5 nitrogen and oxygen atoms in total. The van der Waals surface area contributed by atoms with Crippen molar-refractivity contribution in [3.63, 3.8) is 0 Å². The molecule has 2 N–H and O–H groups in total. The van der Waals surface area contributed by atoms with Crippen molar-refractivity contribution in [2.45, 2.75) is 26.8 Å². The molecule has 5 heteroatoms. The number of benzene rings is 2. The summed E-state index contributed by atoms with van der Waals surface area (Å²) in [5.74, 6) is 0.224. The molecule has 0 unspecified atom stereocenters. The number of amides is 1. The van der Waals surface area contributed by atoms with Crippen molar-refractivity contribution < 1.29 is 9.90 Å². The smallest absolute Gasteiger partial charge is 0.272 e. The minimum Gasteiger partial charge on any atom is -0.508 e. The van der Waals surface area contributed by atoms with E-state index in [1.165, 1.54) is 11.1 Å². The monoisotopic (exact) mass is 347 g/mol. The van der Waals surface area contributed by atoms with Gasteiger partial charge in [0.25, 0.3) is 5.91 Å². The first-order valence-corrected chi connectivity index (χ1v) is 8.74. The van der Waals surface area contributed by atoms with Crippen molar-refractivity contribution in [3.8, 4) is 17.0 Å². The van der Waals surface area contributed by atoms with Crippen LogP contribution in [0.1, 0.15) is 32.7 Å². The molecule has 4 rings (SSSR count). The molecule has 1 aliphatic rings. The van der Waals surface area contributed by atoms with Gasteiger partial charge in [0.2, 0.25) is 0 Å². The van der Waals surface area contributed by atoms with Crippen molar-refractivity contribution in [2.24, 2.45) is 0 Å². The van der Waals surface area contributed by atoms with E-state index in [2.05, 4.69) is 36.2 Å². The Kier molecular flexibility index (Phi) is 3.99. The minimum absolute atomic E-state index is 0.0497. The van der Waals surface area contributed by atoms with E-state index in [-0.39, 0.29) is 11.7 Å². The van der Waals surface area contributed by atoms with Gasteiger partial charge in [-0.2, -0.15) is 5.10 Å². The molecule has 1 aromatic heterocycles. The molecule has 3 aromatic rings. The maximum Gasteiger partial charge on any atom is 0.272 e.